The number of aryl methyl sites for hydroxylation is 1. The molecule has 1 aromatic carbocycles. The summed E-state index contributed by atoms with van der Waals surface area (Å²) >= 11 is 0. The van der Waals surface area contributed by atoms with Gasteiger partial charge in [-0.25, -0.2) is 4.68 Å². The highest BCUT2D eigenvalue weighted by atomic mass is 35.5. The molecule has 2 aromatic rings. The lowest BCUT2D eigenvalue weighted by atomic mass is 10.1. The maximum atomic E-state index is 6.03. The number of likely N-dealkylation sites (tertiary alicyclic amines) is 1. The van der Waals surface area contributed by atoms with Crippen molar-refractivity contribution in [2.75, 3.05) is 13.1 Å². The Morgan fingerprint density at radius 1 is 1.27 bits per heavy atom. The van der Waals surface area contributed by atoms with Crippen LogP contribution in [-0.2, 0) is 6.54 Å². The molecule has 1 unspecified atom stereocenters. The van der Waals surface area contributed by atoms with Crippen LogP contribution in [0, 0.1) is 6.92 Å². The smallest absolute Gasteiger partial charge is 0.0674 e. The Morgan fingerprint density at radius 2 is 2.05 bits per heavy atom. The summed E-state index contributed by atoms with van der Waals surface area (Å²) < 4.78 is 1.97. The van der Waals surface area contributed by atoms with E-state index >= 15 is 0 Å². The van der Waals surface area contributed by atoms with Crippen LogP contribution in [0.4, 0.5) is 0 Å². The molecule has 0 bridgehead atoms. The van der Waals surface area contributed by atoms with Gasteiger partial charge >= 0.3 is 0 Å². The number of hydrogen-bond acceptors (Lipinski definition) is 3. The van der Waals surface area contributed by atoms with Gasteiger partial charge < -0.3 is 5.73 Å². The fourth-order valence-electron chi connectivity index (χ4n) is 2.89. The molecule has 122 valence electrons. The van der Waals surface area contributed by atoms with Crippen molar-refractivity contribution in [2.24, 2.45) is 5.73 Å². The van der Waals surface area contributed by atoms with Crippen molar-refractivity contribution in [2.45, 2.75) is 32.4 Å². The molecule has 0 amide bonds. The fraction of sp³-hybridized carbons (Fsp3) is 0.438. The van der Waals surface area contributed by atoms with Crippen LogP contribution in [0.5, 0.6) is 0 Å². The lowest BCUT2D eigenvalue weighted by Gasteiger charge is -2.30. The third-order valence-electron chi connectivity index (χ3n) is 3.95. The lowest BCUT2D eigenvalue weighted by Crippen LogP contribution is -2.42. The molecule has 1 fully saturated rings. The Hall–Kier alpha value is -1.07. The van der Waals surface area contributed by atoms with Crippen molar-refractivity contribution < 1.29 is 0 Å². The van der Waals surface area contributed by atoms with E-state index in [9.17, 15) is 0 Å². The molecule has 0 aliphatic carbocycles. The van der Waals surface area contributed by atoms with Crippen LogP contribution < -0.4 is 5.73 Å². The van der Waals surface area contributed by atoms with Gasteiger partial charge in [-0.05, 0) is 37.9 Å². The zero-order valence-corrected chi connectivity index (χ0v) is 14.4. The number of aromatic nitrogens is 2. The third-order valence-corrected chi connectivity index (χ3v) is 3.95. The van der Waals surface area contributed by atoms with E-state index in [4.69, 9.17) is 5.73 Å². The van der Waals surface area contributed by atoms with Crippen molar-refractivity contribution >= 4 is 24.8 Å². The molecule has 2 N–H and O–H groups in total. The lowest BCUT2D eigenvalue weighted by molar-refractivity contribution is 0.201. The van der Waals surface area contributed by atoms with E-state index in [1.165, 1.54) is 17.5 Å². The van der Waals surface area contributed by atoms with Gasteiger partial charge in [-0.15, -0.1) is 24.8 Å². The first-order chi connectivity index (χ1) is 9.72. The predicted octanol–water partition coefficient (Wildman–Crippen LogP) is 2.95. The summed E-state index contributed by atoms with van der Waals surface area (Å²) in [5.41, 5.74) is 9.67. The van der Waals surface area contributed by atoms with E-state index in [0.29, 0.717) is 6.04 Å². The van der Waals surface area contributed by atoms with Crippen molar-refractivity contribution in [3.05, 3.63) is 47.8 Å². The number of halogens is 2. The SMILES string of the molecule is Cc1ccccc1-n1cc(CN2CCCC(N)C2)cn1.Cl.Cl. The molecule has 0 saturated carbocycles. The summed E-state index contributed by atoms with van der Waals surface area (Å²) in [5, 5.41) is 4.49. The molecule has 4 nitrogen and oxygen atoms in total. The van der Waals surface area contributed by atoms with E-state index in [1.54, 1.807) is 0 Å². The van der Waals surface area contributed by atoms with Gasteiger partial charge in [-0.1, -0.05) is 18.2 Å². The van der Waals surface area contributed by atoms with Gasteiger partial charge in [-0.2, -0.15) is 5.10 Å². The molecule has 0 radical (unpaired) electrons. The van der Waals surface area contributed by atoms with Gasteiger partial charge in [0.15, 0.2) is 0 Å². The minimum absolute atomic E-state index is 0. The standard InChI is InChI=1S/C16H22N4.2ClH/c1-13-5-2-3-7-16(13)20-11-14(9-18-20)10-19-8-4-6-15(17)12-19;;/h2-3,5,7,9,11,15H,4,6,8,10,12,17H2,1H3;2*1H. The maximum Gasteiger partial charge on any atom is 0.0674 e. The fourth-order valence-corrected chi connectivity index (χ4v) is 2.89. The molecule has 1 saturated heterocycles. The van der Waals surface area contributed by atoms with Crippen LogP contribution in [0.15, 0.2) is 36.7 Å². The largest absolute Gasteiger partial charge is 0.327 e. The van der Waals surface area contributed by atoms with Crippen LogP contribution in [0.2, 0.25) is 0 Å². The molecule has 6 heteroatoms. The maximum absolute atomic E-state index is 6.03. The Kier molecular flexibility index (Phi) is 7.36. The molecule has 1 aromatic heterocycles. The Morgan fingerprint density at radius 3 is 2.77 bits per heavy atom. The number of para-hydroxylation sites is 1. The number of nitrogens with two attached hydrogens (primary N) is 1. The summed E-state index contributed by atoms with van der Waals surface area (Å²) in [7, 11) is 0. The van der Waals surface area contributed by atoms with Crippen molar-refractivity contribution in [3.63, 3.8) is 0 Å². The molecular formula is C16H24Cl2N4. The number of hydrogen-bond donors (Lipinski definition) is 1. The number of benzene rings is 1. The summed E-state index contributed by atoms with van der Waals surface area (Å²) in [5.74, 6) is 0. The van der Waals surface area contributed by atoms with E-state index in [0.717, 1.165) is 31.7 Å². The predicted molar refractivity (Wildman–Crippen MR) is 95.3 cm³/mol. The molecule has 2 heterocycles. The molecular weight excluding hydrogens is 319 g/mol. The van der Waals surface area contributed by atoms with Gasteiger partial charge in [0.1, 0.15) is 0 Å². The van der Waals surface area contributed by atoms with Crippen molar-refractivity contribution in [1.29, 1.82) is 0 Å². The first-order valence-corrected chi connectivity index (χ1v) is 7.30. The van der Waals surface area contributed by atoms with Crippen LogP contribution in [0.25, 0.3) is 5.69 Å². The van der Waals surface area contributed by atoms with Crippen LogP contribution in [-0.4, -0.2) is 33.8 Å². The Labute approximate surface area is 144 Å². The van der Waals surface area contributed by atoms with E-state index < -0.39 is 0 Å². The minimum atomic E-state index is 0. The summed E-state index contributed by atoms with van der Waals surface area (Å²) in [6.45, 7) is 5.19. The second-order valence-electron chi connectivity index (χ2n) is 5.72. The van der Waals surface area contributed by atoms with Gasteiger partial charge in [-0.3, -0.25) is 4.90 Å². The Bertz CT molecular complexity index is 585. The molecule has 3 rings (SSSR count). The highest BCUT2D eigenvalue weighted by Crippen LogP contribution is 2.16. The Balaban J connectivity index is 0.00000121. The first kappa shape index (κ1) is 19.0. The van der Waals surface area contributed by atoms with Gasteiger partial charge in [0.05, 0.1) is 11.9 Å². The van der Waals surface area contributed by atoms with Crippen molar-refractivity contribution in [1.82, 2.24) is 14.7 Å². The molecule has 1 aliphatic rings. The van der Waals surface area contributed by atoms with E-state index in [-0.39, 0.29) is 24.8 Å². The normalized spacial score (nSPS) is 18.4. The summed E-state index contributed by atoms with van der Waals surface area (Å²) in [4.78, 5) is 2.42. The van der Waals surface area contributed by atoms with Crippen LogP contribution in [0.3, 0.4) is 0 Å². The number of nitrogens with zero attached hydrogens (tertiary/aromatic N) is 3. The van der Waals surface area contributed by atoms with Crippen LogP contribution in [0.1, 0.15) is 24.0 Å². The van der Waals surface area contributed by atoms with E-state index in [2.05, 4.69) is 41.3 Å². The zero-order chi connectivity index (χ0) is 13.9. The third kappa shape index (κ3) is 4.46. The van der Waals surface area contributed by atoms with E-state index in [1.807, 2.05) is 16.9 Å². The molecule has 22 heavy (non-hydrogen) atoms. The average Bonchev–Trinajstić information content (AvgIpc) is 2.87. The first-order valence-electron chi connectivity index (χ1n) is 7.30. The average molecular weight is 343 g/mol. The molecule has 1 aliphatic heterocycles. The quantitative estimate of drug-likeness (QED) is 0.932. The highest BCUT2D eigenvalue weighted by molar-refractivity contribution is 5.85. The van der Waals surface area contributed by atoms with Gasteiger partial charge in [0.2, 0.25) is 0 Å². The topological polar surface area (TPSA) is 47.1 Å². The van der Waals surface area contributed by atoms with Crippen molar-refractivity contribution in [3.8, 4) is 5.69 Å². The highest BCUT2D eigenvalue weighted by Gasteiger charge is 2.17. The van der Waals surface area contributed by atoms with Gasteiger partial charge in [0, 0.05) is 30.9 Å². The second kappa shape index (κ2) is 8.53. The number of rotatable bonds is 3. The zero-order valence-electron chi connectivity index (χ0n) is 12.8. The summed E-state index contributed by atoms with van der Waals surface area (Å²) in [6.07, 6.45) is 6.45. The van der Waals surface area contributed by atoms with Crippen LogP contribution >= 0.6 is 24.8 Å². The molecule has 0 spiro atoms. The van der Waals surface area contributed by atoms with Gasteiger partial charge in [0.25, 0.3) is 0 Å². The summed E-state index contributed by atoms with van der Waals surface area (Å²) in [6, 6.07) is 8.64. The monoisotopic (exact) mass is 342 g/mol. The molecule has 1 atom stereocenters. The second-order valence-corrected chi connectivity index (χ2v) is 5.72. The number of piperidine rings is 1. The minimum Gasteiger partial charge on any atom is -0.327 e.